The summed E-state index contributed by atoms with van der Waals surface area (Å²) in [7, 11) is 0. The van der Waals surface area contributed by atoms with Gasteiger partial charge < -0.3 is 5.32 Å². The van der Waals surface area contributed by atoms with Crippen molar-refractivity contribution in [1.82, 2.24) is 10.2 Å². The second-order valence-corrected chi connectivity index (χ2v) is 7.31. The van der Waals surface area contributed by atoms with Crippen molar-refractivity contribution in [2.45, 2.75) is 72.0 Å². The molecule has 0 radical (unpaired) electrons. The van der Waals surface area contributed by atoms with Crippen molar-refractivity contribution >= 4 is 11.3 Å². The average Bonchev–Trinajstić information content (AvgIpc) is 3.07. The van der Waals surface area contributed by atoms with Gasteiger partial charge in [-0.25, -0.2) is 0 Å². The van der Waals surface area contributed by atoms with E-state index in [9.17, 15) is 0 Å². The van der Waals surface area contributed by atoms with E-state index in [2.05, 4.69) is 37.1 Å². The zero-order valence-corrected chi connectivity index (χ0v) is 14.2. The van der Waals surface area contributed by atoms with Crippen molar-refractivity contribution in [2.75, 3.05) is 13.1 Å². The van der Waals surface area contributed by atoms with Gasteiger partial charge >= 0.3 is 0 Å². The predicted octanol–water partition coefficient (Wildman–Crippen LogP) is 4.32. The molecule has 1 saturated carbocycles. The second kappa shape index (κ2) is 8.16. The van der Waals surface area contributed by atoms with E-state index in [1.54, 1.807) is 5.56 Å². The Morgan fingerprint density at radius 2 is 2.05 bits per heavy atom. The summed E-state index contributed by atoms with van der Waals surface area (Å²) in [6.07, 6.45) is 6.87. The first-order chi connectivity index (χ1) is 9.74. The van der Waals surface area contributed by atoms with Gasteiger partial charge in [0.2, 0.25) is 0 Å². The molecule has 0 saturated heterocycles. The van der Waals surface area contributed by atoms with E-state index < -0.39 is 0 Å². The number of aryl methyl sites for hydroxylation is 1. The van der Waals surface area contributed by atoms with Crippen LogP contribution in [-0.2, 0) is 13.1 Å². The minimum Gasteiger partial charge on any atom is -0.312 e. The zero-order chi connectivity index (χ0) is 14.4. The maximum absolute atomic E-state index is 3.51. The van der Waals surface area contributed by atoms with E-state index >= 15 is 0 Å². The van der Waals surface area contributed by atoms with Gasteiger partial charge in [-0.3, -0.25) is 4.90 Å². The average molecular weight is 295 g/mol. The highest BCUT2D eigenvalue weighted by Gasteiger charge is 2.22. The van der Waals surface area contributed by atoms with Gasteiger partial charge in [0.15, 0.2) is 0 Å². The number of rotatable bonds is 8. The first-order valence-electron chi connectivity index (χ1n) is 8.27. The van der Waals surface area contributed by atoms with E-state index in [1.165, 1.54) is 48.4 Å². The largest absolute Gasteiger partial charge is 0.312 e. The maximum atomic E-state index is 3.51. The molecule has 3 heteroatoms. The van der Waals surface area contributed by atoms with Crippen LogP contribution in [0.3, 0.4) is 0 Å². The predicted molar refractivity (Wildman–Crippen MR) is 89.4 cm³/mol. The van der Waals surface area contributed by atoms with E-state index in [1.807, 2.05) is 11.3 Å². The minimum absolute atomic E-state index is 0.834. The third-order valence-electron chi connectivity index (χ3n) is 4.42. The van der Waals surface area contributed by atoms with Crippen LogP contribution >= 0.6 is 11.3 Å². The number of thiophene rings is 1. The Bertz CT molecular complexity index is 394. The van der Waals surface area contributed by atoms with Crippen LogP contribution in [0.5, 0.6) is 0 Å². The van der Waals surface area contributed by atoms with Crippen molar-refractivity contribution in [2.24, 2.45) is 0 Å². The molecule has 2 nitrogen and oxygen atoms in total. The molecule has 20 heavy (non-hydrogen) atoms. The van der Waals surface area contributed by atoms with Crippen LogP contribution < -0.4 is 5.32 Å². The van der Waals surface area contributed by atoms with Gasteiger partial charge in [-0.2, -0.15) is 0 Å². The Morgan fingerprint density at radius 3 is 2.70 bits per heavy atom. The highest BCUT2D eigenvalue weighted by molar-refractivity contribution is 7.12. The van der Waals surface area contributed by atoms with E-state index in [0.29, 0.717) is 0 Å². The summed E-state index contributed by atoms with van der Waals surface area (Å²) in [6.45, 7) is 11.3. The van der Waals surface area contributed by atoms with Gasteiger partial charge in [0.25, 0.3) is 0 Å². The molecule has 0 bridgehead atoms. The molecule has 114 valence electrons. The Labute approximate surface area is 128 Å². The summed E-state index contributed by atoms with van der Waals surface area (Å²) < 4.78 is 0. The Balaban J connectivity index is 1.93. The molecule has 0 atom stereocenters. The van der Waals surface area contributed by atoms with Gasteiger partial charge in [-0.15, -0.1) is 11.3 Å². The lowest BCUT2D eigenvalue weighted by atomic mass is 10.1. The monoisotopic (exact) mass is 294 g/mol. The topological polar surface area (TPSA) is 15.3 Å². The van der Waals surface area contributed by atoms with E-state index in [0.717, 1.165) is 25.7 Å². The fourth-order valence-corrected chi connectivity index (χ4v) is 4.23. The number of hydrogen-bond acceptors (Lipinski definition) is 3. The molecule has 1 fully saturated rings. The van der Waals surface area contributed by atoms with Gasteiger partial charge in [0, 0.05) is 28.9 Å². The summed E-state index contributed by atoms with van der Waals surface area (Å²) in [4.78, 5) is 5.69. The molecular weight excluding hydrogens is 264 g/mol. The summed E-state index contributed by atoms with van der Waals surface area (Å²) in [5.74, 6) is 0. The Hall–Kier alpha value is -0.380. The Morgan fingerprint density at radius 1 is 1.30 bits per heavy atom. The fourth-order valence-electron chi connectivity index (χ4n) is 3.21. The summed E-state index contributed by atoms with van der Waals surface area (Å²) in [5, 5.41) is 3.51. The van der Waals surface area contributed by atoms with Gasteiger partial charge in [-0.1, -0.05) is 26.7 Å². The fraction of sp³-hybridized carbons (Fsp3) is 0.765. The molecule has 1 aromatic rings. The lowest BCUT2D eigenvalue weighted by molar-refractivity contribution is 0.200. The molecule has 1 N–H and O–H groups in total. The van der Waals surface area contributed by atoms with Crippen LogP contribution in [0.25, 0.3) is 0 Å². The van der Waals surface area contributed by atoms with Crippen LogP contribution in [-0.4, -0.2) is 24.0 Å². The Kier molecular flexibility index (Phi) is 6.53. The molecule has 0 amide bonds. The quantitative estimate of drug-likeness (QED) is 0.718. The van der Waals surface area contributed by atoms with Crippen LogP contribution in [0.2, 0.25) is 0 Å². The standard InChI is InChI=1S/C17H30N2S/c1-4-10-18-12-17-11-15(14(3)20-17)13-19(5-2)16-8-6-7-9-16/h11,16,18H,4-10,12-13H2,1-3H3. The van der Waals surface area contributed by atoms with Gasteiger partial charge in [0.05, 0.1) is 0 Å². The van der Waals surface area contributed by atoms with Crippen molar-refractivity contribution in [3.8, 4) is 0 Å². The van der Waals surface area contributed by atoms with Crippen LogP contribution in [0, 0.1) is 6.92 Å². The van der Waals surface area contributed by atoms with E-state index in [4.69, 9.17) is 0 Å². The van der Waals surface area contributed by atoms with Gasteiger partial charge in [0.1, 0.15) is 0 Å². The van der Waals surface area contributed by atoms with Crippen molar-refractivity contribution in [3.63, 3.8) is 0 Å². The maximum Gasteiger partial charge on any atom is 0.0299 e. The smallest absolute Gasteiger partial charge is 0.0299 e. The molecule has 0 spiro atoms. The molecule has 1 aliphatic carbocycles. The van der Waals surface area contributed by atoms with Gasteiger partial charge in [-0.05, 0) is 50.9 Å². The van der Waals surface area contributed by atoms with Crippen LogP contribution in [0.1, 0.15) is 61.3 Å². The third kappa shape index (κ3) is 4.31. The highest BCUT2D eigenvalue weighted by Crippen LogP contribution is 2.28. The van der Waals surface area contributed by atoms with Crippen LogP contribution in [0.4, 0.5) is 0 Å². The normalized spacial score (nSPS) is 16.4. The number of nitrogens with one attached hydrogen (secondary N) is 1. The molecule has 2 rings (SSSR count). The molecule has 0 aromatic carbocycles. The molecule has 0 unspecified atom stereocenters. The second-order valence-electron chi connectivity index (χ2n) is 5.97. The summed E-state index contributed by atoms with van der Waals surface area (Å²) >= 11 is 1.97. The molecule has 0 aliphatic heterocycles. The minimum atomic E-state index is 0.834. The van der Waals surface area contributed by atoms with E-state index in [-0.39, 0.29) is 0 Å². The third-order valence-corrected chi connectivity index (χ3v) is 5.51. The number of hydrogen-bond donors (Lipinski definition) is 1. The molecule has 1 aromatic heterocycles. The first kappa shape index (κ1) is 16.0. The molecule has 1 aliphatic rings. The molecular formula is C17H30N2S. The summed E-state index contributed by atoms with van der Waals surface area (Å²) in [5.41, 5.74) is 1.55. The lowest BCUT2D eigenvalue weighted by Gasteiger charge is -2.27. The highest BCUT2D eigenvalue weighted by atomic mass is 32.1. The van der Waals surface area contributed by atoms with Crippen molar-refractivity contribution in [1.29, 1.82) is 0 Å². The number of nitrogens with zero attached hydrogens (tertiary/aromatic N) is 1. The molecule has 1 heterocycles. The van der Waals surface area contributed by atoms with Crippen LogP contribution in [0.15, 0.2) is 6.07 Å². The first-order valence-corrected chi connectivity index (χ1v) is 9.09. The SMILES string of the molecule is CCCNCc1cc(CN(CC)C2CCCC2)c(C)s1. The zero-order valence-electron chi connectivity index (χ0n) is 13.4. The lowest BCUT2D eigenvalue weighted by Crippen LogP contribution is -2.32. The van der Waals surface area contributed by atoms with Crippen molar-refractivity contribution < 1.29 is 0 Å². The summed E-state index contributed by atoms with van der Waals surface area (Å²) in [6, 6.07) is 3.27. The van der Waals surface area contributed by atoms with Crippen molar-refractivity contribution in [3.05, 3.63) is 21.4 Å².